The van der Waals surface area contributed by atoms with E-state index >= 15 is 0 Å². The summed E-state index contributed by atoms with van der Waals surface area (Å²) in [6.07, 6.45) is 1.70. The van der Waals surface area contributed by atoms with Gasteiger partial charge in [0.05, 0.1) is 11.9 Å². The van der Waals surface area contributed by atoms with Crippen LogP contribution in [0.3, 0.4) is 0 Å². The Kier molecular flexibility index (Phi) is 5.13. The molecular weight excluding hydrogens is 278 g/mol. The molecule has 1 unspecified atom stereocenters. The Bertz CT molecular complexity index is 539. The molecule has 0 spiro atoms. The lowest BCUT2D eigenvalue weighted by Gasteiger charge is -2.07. The number of aromatic nitrogens is 5. The number of rotatable bonds is 7. The topological polar surface area (TPSA) is 78.9 Å². The van der Waals surface area contributed by atoms with Crippen LogP contribution in [0, 0.1) is 0 Å². The average Bonchev–Trinajstić information content (AvgIpc) is 3.05. The third kappa shape index (κ3) is 3.57. The van der Waals surface area contributed by atoms with Gasteiger partial charge in [-0.05, 0) is 6.92 Å². The van der Waals surface area contributed by atoms with Crippen molar-refractivity contribution in [3.63, 3.8) is 0 Å². The molecule has 7 nitrogen and oxygen atoms in total. The molecule has 0 aliphatic rings. The molecule has 0 saturated carbocycles. The molecule has 2 aromatic heterocycles. The van der Waals surface area contributed by atoms with Crippen LogP contribution in [0.4, 0.5) is 0 Å². The summed E-state index contributed by atoms with van der Waals surface area (Å²) in [4.78, 5) is 4.40. The van der Waals surface area contributed by atoms with Gasteiger partial charge in [-0.25, -0.2) is 0 Å². The number of hydrogen-bond donors (Lipinski definition) is 0. The zero-order valence-electron chi connectivity index (χ0n) is 12.1. The summed E-state index contributed by atoms with van der Waals surface area (Å²) < 4.78 is 12.3. The minimum absolute atomic E-state index is 0.0282. The van der Waals surface area contributed by atoms with Crippen molar-refractivity contribution in [2.75, 3.05) is 13.7 Å². The van der Waals surface area contributed by atoms with Crippen molar-refractivity contribution in [3.8, 4) is 0 Å². The molecule has 20 heavy (non-hydrogen) atoms. The molecule has 0 bridgehead atoms. The highest BCUT2D eigenvalue weighted by Crippen LogP contribution is 2.32. The van der Waals surface area contributed by atoms with E-state index in [1.165, 1.54) is 0 Å². The minimum atomic E-state index is 0.0282. The van der Waals surface area contributed by atoms with Crippen LogP contribution >= 0.6 is 11.8 Å². The van der Waals surface area contributed by atoms with Crippen LogP contribution in [0.15, 0.2) is 16.0 Å². The zero-order chi connectivity index (χ0) is 14.5. The monoisotopic (exact) mass is 297 g/mol. The highest BCUT2D eigenvalue weighted by Gasteiger charge is 2.19. The standard InChI is InChI=1S/C12H19N5O2S/c1-8(2)10-14-11(19-16-10)9(3)20-12-15-13-7-17(12)5-6-18-4/h7-9H,5-6H2,1-4H3. The second kappa shape index (κ2) is 6.85. The zero-order valence-corrected chi connectivity index (χ0v) is 12.9. The van der Waals surface area contributed by atoms with Gasteiger partial charge in [0.15, 0.2) is 11.0 Å². The molecule has 1 atom stereocenters. The van der Waals surface area contributed by atoms with Crippen LogP contribution in [0.2, 0.25) is 0 Å². The number of methoxy groups -OCH3 is 1. The molecule has 2 aromatic rings. The second-order valence-electron chi connectivity index (χ2n) is 4.71. The molecule has 0 saturated heterocycles. The van der Waals surface area contributed by atoms with Crippen molar-refractivity contribution in [3.05, 3.63) is 18.0 Å². The Balaban J connectivity index is 2.03. The summed E-state index contributed by atoms with van der Waals surface area (Å²) in [6.45, 7) is 7.43. The maximum absolute atomic E-state index is 5.29. The highest BCUT2D eigenvalue weighted by atomic mass is 32.2. The first-order valence-electron chi connectivity index (χ1n) is 6.48. The summed E-state index contributed by atoms with van der Waals surface area (Å²) in [7, 11) is 1.67. The van der Waals surface area contributed by atoms with Gasteiger partial charge in [0.1, 0.15) is 6.33 Å². The van der Waals surface area contributed by atoms with Gasteiger partial charge in [0.25, 0.3) is 0 Å². The molecule has 0 N–H and O–H groups in total. The first-order valence-corrected chi connectivity index (χ1v) is 7.36. The first kappa shape index (κ1) is 15.0. The Morgan fingerprint density at radius 2 is 2.20 bits per heavy atom. The summed E-state index contributed by atoms with van der Waals surface area (Å²) in [5.74, 6) is 1.60. The Labute approximate surface area is 122 Å². The van der Waals surface area contributed by atoms with Gasteiger partial charge in [-0.3, -0.25) is 0 Å². The van der Waals surface area contributed by atoms with E-state index in [4.69, 9.17) is 9.26 Å². The molecule has 0 aliphatic heterocycles. The molecular formula is C12H19N5O2S. The molecule has 2 heterocycles. The molecule has 0 aromatic carbocycles. The fourth-order valence-corrected chi connectivity index (χ4v) is 2.41. The molecule has 0 fully saturated rings. The Hall–Kier alpha value is -1.41. The predicted octanol–water partition coefficient (Wildman–Crippen LogP) is 2.28. The maximum atomic E-state index is 5.29. The van der Waals surface area contributed by atoms with Crippen LogP contribution in [-0.4, -0.2) is 38.6 Å². The van der Waals surface area contributed by atoms with E-state index in [2.05, 4.69) is 20.3 Å². The van der Waals surface area contributed by atoms with Crippen molar-refractivity contribution >= 4 is 11.8 Å². The highest BCUT2D eigenvalue weighted by molar-refractivity contribution is 7.99. The average molecular weight is 297 g/mol. The summed E-state index contributed by atoms with van der Waals surface area (Å²) in [5.41, 5.74) is 0. The number of thioether (sulfide) groups is 1. The first-order chi connectivity index (χ1) is 9.61. The van der Waals surface area contributed by atoms with E-state index in [9.17, 15) is 0 Å². The maximum Gasteiger partial charge on any atom is 0.239 e. The van der Waals surface area contributed by atoms with E-state index in [1.54, 1.807) is 25.2 Å². The molecule has 8 heteroatoms. The van der Waals surface area contributed by atoms with Crippen molar-refractivity contribution in [1.29, 1.82) is 0 Å². The van der Waals surface area contributed by atoms with Crippen molar-refractivity contribution in [2.24, 2.45) is 0 Å². The van der Waals surface area contributed by atoms with Crippen LogP contribution in [0.25, 0.3) is 0 Å². The molecule has 0 radical (unpaired) electrons. The number of ether oxygens (including phenoxy) is 1. The van der Waals surface area contributed by atoms with Gasteiger partial charge < -0.3 is 13.8 Å². The fraction of sp³-hybridized carbons (Fsp3) is 0.667. The minimum Gasteiger partial charge on any atom is -0.383 e. The van der Waals surface area contributed by atoms with Gasteiger partial charge in [0.2, 0.25) is 5.89 Å². The summed E-state index contributed by atoms with van der Waals surface area (Å²) in [6, 6.07) is 0. The van der Waals surface area contributed by atoms with E-state index < -0.39 is 0 Å². The van der Waals surface area contributed by atoms with Crippen molar-refractivity contribution in [1.82, 2.24) is 24.9 Å². The molecule has 110 valence electrons. The van der Waals surface area contributed by atoms with E-state index in [0.29, 0.717) is 12.5 Å². The quantitative estimate of drug-likeness (QED) is 0.725. The van der Waals surface area contributed by atoms with Crippen LogP contribution in [0.1, 0.15) is 43.7 Å². The molecule has 2 rings (SSSR count). The third-order valence-corrected chi connectivity index (χ3v) is 3.80. The predicted molar refractivity (Wildman–Crippen MR) is 74.6 cm³/mol. The van der Waals surface area contributed by atoms with Gasteiger partial charge in [0, 0.05) is 19.6 Å². The Morgan fingerprint density at radius 1 is 1.40 bits per heavy atom. The SMILES string of the molecule is COCCn1cnnc1SC(C)c1nc(C(C)C)no1. The fourth-order valence-electron chi connectivity index (χ4n) is 1.53. The summed E-state index contributed by atoms with van der Waals surface area (Å²) in [5, 5.41) is 12.9. The summed E-state index contributed by atoms with van der Waals surface area (Å²) >= 11 is 1.54. The van der Waals surface area contributed by atoms with Gasteiger partial charge in [-0.1, -0.05) is 30.8 Å². The lowest BCUT2D eigenvalue weighted by molar-refractivity contribution is 0.184. The lowest BCUT2D eigenvalue weighted by atomic mass is 10.2. The van der Waals surface area contributed by atoms with Crippen LogP contribution in [-0.2, 0) is 11.3 Å². The number of hydrogen-bond acceptors (Lipinski definition) is 7. The van der Waals surface area contributed by atoms with Crippen LogP contribution < -0.4 is 0 Å². The van der Waals surface area contributed by atoms with E-state index in [-0.39, 0.29) is 11.2 Å². The largest absolute Gasteiger partial charge is 0.383 e. The van der Waals surface area contributed by atoms with E-state index in [1.807, 2.05) is 25.3 Å². The number of nitrogens with zero attached hydrogens (tertiary/aromatic N) is 5. The van der Waals surface area contributed by atoms with Crippen LogP contribution in [0.5, 0.6) is 0 Å². The molecule has 0 amide bonds. The second-order valence-corrected chi connectivity index (χ2v) is 6.01. The van der Waals surface area contributed by atoms with E-state index in [0.717, 1.165) is 17.5 Å². The lowest BCUT2D eigenvalue weighted by Crippen LogP contribution is -2.05. The van der Waals surface area contributed by atoms with Crippen molar-refractivity contribution < 1.29 is 9.26 Å². The Morgan fingerprint density at radius 3 is 2.85 bits per heavy atom. The third-order valence-electron chi connectivity index (χ3n) is 2.72. The smallest absolute Gasteiger partial charge is 0.239 e. The van der Waals surface area contributed by atoms with Crippen molar-refractivity contribution in [2.45, 2.75) is 43.6 Å². The van der Waals surface area contributed by atoms with Gasteiger partial charge >= 0.3 is 0 Å². The normalized spacial score (nSPS) is 13.1. The van der Waals surface area contributed by atoms with Gasteiger partial charge in [-0.2, -0.15) is 4.98 Å². The molecule has 0 aliphatic carbocycles. The van der Waals surface area contributed by atoms with Gasteiger partial charge in [-0.15, -0.1) is 10.2 Å².